The van der Waals surface area contributed by atoms with E-state index in [2.05, 4.69) is 4.98 Å². The minimum atomic E-state index is -0.663. The molecule has 0 aliphatic rings. The molecule has 0 unspecified atom stereocenters. The third kappa shape index (κ3) is 1.59. The van der Waals surface area contributed by atoms with E-state index in [1.165, 1.54) is 6.07 Å². The Hall–Kier alpha value is -0.850. The van der Waals surface area contributed by atoms with E-state index in [1.54, 1.807) is 0 Å². The topological polar surface area (TPSA) is 28.1 Å². The maximum atomic E-state index is 12.6. The van der Waals surface area contributed by atoms with E-state index in [4.69, 9.17) is 28.6 Å². The second-order valence-corrected chi connectivity index (χ2v) is 2.63. The Morgan fingerprint density at radius 2 is 1.91 bits per heavy atom. The van der Waals surface area contributed by atoms with Gasteiger partial charge in [-0.05, 0) is 6.07 Å². The molecule has 0 N–H and O–H groups in total. The third-order valence-electron chi connectivity index (χ3n) is 1.10. The van der Waals surface area contributed by atoms with Gasteiger partial charge in [0, 0.05) is 0 Å². The highest BCUT2D eigenvalue weighted by atomic mass is 35.5. The molecule has 0 spiro atoms. The largest absolute Gasteiger partial charge is 0.406 e. The quantitative estimate of drug-likeness (QED) is 0.455. The molecule has 0 aliphatic heterocycles. The molecule has 0 aliphatic carbocycles. The van der Waals surface area contributed by atoms with Crippen LogP contribution in [0.1, 0.15) is 0 Å². The van der Waals surface area contributed by atoms with Crippen LogP contribution < -0.4 is 0 Å². The summed E-state index contributed by atoms with van der Waals surface area (Å²) in [6.45, 7) is 0. The lowest BCUT2D eigenvalue weighted by Gasteiger charge is -1.89. The van der Waals surface area contributed by atoms with Crippen LogP contribution in [0.25, 0.3) is 4.98 Å². The van der Waals surface area contributed by atoms with E-state index in [9.17, 15) is 4.39 Å². The van der Waals surface area contributed by atoms with Crippen LogP contribution in [0.4, 0.5) is 10.1 Å². The van der Waals surface area contributed by atoms with Crippen molar-refractivity contribution in [2.45, 2.75) is 0 Å². The number of hydrogen-bond acceptors (Lipinski definition) is 1. The van der Waals surface area contributed by atoms with E-state index in [0.717, 1.165) is 6.07 Å². The summed E-state index contributed by atoms with van der Waals surface area (Å²) in [7, 11) is 0. The maximum Gasteiger partial charge on any atom is 0.406 e. The van der Waals surface area contributed by atoms with Gasteiger partial charge in [0.05, 0.1) is 11.1 Å². The Balaban J connectivity index is 3.35. The number of diazo groups is 1. The first-order chi connectivity index (χ1) is 5.15. The van der Waals surface area contributed by atoms with Crippen molar-refractivity contribution in [3.8, 4) is 0 Å². The molecule has 1 aromatic rings. The van der Waals surface area contributed by atoms with Crippen molar-refractivity contribution in [1.29, 1.82) is 5.39 Å². The van der Waals surface area contributed by atoms with Gasteiger partial charge >= 0.3 is 5.69 Å². The van der Waals surface area contributed by atoms with E-state index in [-0.39, 0.29) is 15.7 Å². The Morgan fingerprint density at radius 3 is 2.45 bits per heavy atom. The summed E-state index contributed by atoms with van der Waals surface area (Å²) in [6, 6.07) is 2.12. The van der Waals surface area contributed by atoms with Crippen molar-refractivity contribution in [3.05, 3.63) is 33.0 Å². The van der Waals surface area contributed by atoms with Gasteiger partial charge in [-0.25, -0.2) is 4.39 Å². The van der Waals surface area contributed by atoms with Gasteiger partial charge in [-0.15, -0.1) is 0 Å². The van der Waals surface area contributed by atoms with Crippen LogP contribution in [0.5, 0.6) is 0 Å². The fourth-order valence-electron chi connectivity index (χ4n) is 0.589. The molecule has 56 valence electrons. The van der Waals surface area contributed by atoms with Crippen LogP contribution in [0.3, 0.4) is 0 Å². The first-order valence-corrected chi connectivity index (χ1v) is 3.40. The predicted molar refractivity (Wildman–Crippen MR) is 41.2 cm³/mol. The monoisotopic (exact) mass is 191 g/mol. The molecule has 0 amide bonds. The van der Waals surface area contributed by atoms with Crippen LogP contribution in [0, 0.1) is 11.2 Å². The molecule has 11 heavy (non-hydrogen) atoms. The molecule has 1 rings (SSSR count). The SMILES string of the molecule is N#[N+]c1cc(F)c(Cl)cc1Cl. The van der Waals surface area contributed by atoms with Gasteiger partial charge in [-0.2, -0.15) is 0 Å². The highest BCUT2D eigenvalue weighted by molar-refractivity contribution is 6.36. The smallest absolute Gasteiger partial charge is 0.205 e. The second-order valence-electron chi connectivity index (χ2n) is 1.82. The Kier molecular flexibility index (Phi) is 2.28. The van der Waals surface area contributed by atoms with Crippen molar-refractivity contribution in [2.24, 2.45) is 0 Å². The summed E-state index contributed by atoms with van der Waals surface area (Å²) in [5.41, 5.74) is -0.0337. The average molecular weight is 192 g/mol. The molecule has 0 heterocycles. The van der Waals surface area contributed by atoms with Crippen LogP contribution >= 0.6 is 23.2 Å². The van der Waals surface area contributed by atoms with Crippen LogP contribution in [-0.4, -0.2) is 0 Å². The first-order valence-electron chi connectivity index (χ1n) is 2.65. The molecule has 2 nitrogen and oxygen atoms in total. The zero-order valence-corrected chi connectivity index (χ0v) is 6.69. The summed E-state index contributed by atoms with van der Waals surface area (Å²) < 4.78 is 12.6. The lowest BCUT2D eigenvalue weighted by atomic mass is 10.3. The minimum absolute atomic E-state index is 0.0337. The van der Waals surface area contributed by atoms with Gasteiger partial charge in [-0.3, -0.25) is 0 Å². The molecule has 1 aromatic carbocycles. The van der Waals surface area contributed by atoms with Gasteiger partial charge in [0.25, 0.3) is 0 Å². The van der Waals surface area contributed by atoms with E-state index in [1.807, 2.05) is 0 Å². The molecule has 0 radical (unpaired) electrons. The molecular formula is C6H2Cl2FN2+. The van der Waals surface area contributed by atoms with Gasteiger partial charge in [0.1, 0.15) is 10.8 Å². The van der Waals surface area contributed by atoms with E-state index < -0.39 is 5.82 Å². The predicted octanol–water partition coefficient (Wildman–Crippen LogP) is 3.62. The molecule has 5 heteroatoms. The summed E-state index contributed by atoms with van der Waals surface area (Å²) in [5.74, 6) is -0.663. The zero-order chi connectivity index (χ0) is 8.43. The molecule has 0 fully saturated rings. The van der Waals surface area contributed by atoms with E-state index >= 15 is 0 Å². The van der Waals surface area contributed by atoms with Gasteiger partial charge in [0.2, 0.25) is 5.39 Å². The minimum Gasteiger partial charge on any atom is -0.205 e. The van der Waals surface area contributed by atoms with Crippen molar-refractivity contribution < 1.29 is 4.39 Å². The van der Waals surface area contributed by atoms with Crippen LogP contribution in [-0.2, 0) is 0 Å². The molecule has 0 bridgehead atoms. The Bertz CT molecular complexity index is 332. The van der Waals surface area contributed by atoms with Gasteiger partial charge in [-0.1, -0.05) is 23.2 Å². The first kappa shape index (κ1) is 8.25. The maximum absolute atomic E-state index is 12.6. The van der Waals surface area contributed by atoms with Crippen LogP contribution in [0.15, 0.2) is 12.1 Å². The number of hydrogen-bond donors (Lipinski definition) is 0. The lowest BCUT2D eigenvalue weighted by Crippen LogP contribution is -1.75. The summed E-state index contributed by atoms with van der Waals surface area (Å²) in [4.78, 5) is 2.74. The number of rotatable bonds is 0. The highest BCUT2D eigenvalue weighted by Crippen LogP contribution is 2.29. The molecule has 0 aromatic heterocycles. The van der Waals surface area contributed by atoms with Crippen molar-refractivity contribution in [3.63, 3.8) is 0 Å². The lowest BCUT2D eigenvalue weighted by molar-refractivity contribution is 0.629. The Morgan fingerprint density at radius 1 is 1.27 bits per heavy atom. The third-order valence-corrected chi connectivity index (χ3v) is 1.69. The second kappa shape index (κ2) is 3.04. The van der Waals surface area contributed by atoms with Crippen LogP contribution in [0.2, 0.25) is 10.0 Å². The zero-order valence-electron chi connectivity index (χ0n) is 5.18. The van der Waals surface area contributed by atoms with Gasteiger partial charge in [0.15, 0.2) is 4.98 Å². The summed E-state index contributed by atoms with van der Waals surface area (Å²) >= 11 is 10.9. The van der Waals surface area contributed by atoms with E-state index in [0.29, 0.717) is 0 Å². The number of benzene rings is 1. The van der Waals surface area contributed by atoms with Crippen molar-refractivity contribution in [2.75, 3.05) is 0 Å². The summed E-state index contributed by atoms with van der Waals surface area (Å²) in [6.07, 6.45) is 0. The molecule has 0 saturated carbocycles. The van der Waals surface area contributed by atoms with Gasteiger partial charge < -0.3 is 0 Å². The number of nitrogens with zero attached hydrogens (tertiary/aromatic N) is 2. The summed E-state index contributed by atoms with van der Waals surface area (Å²) in [5, 5.41) is 8.28. The standard InChI is InChI=1S/C6H2Cl2FN2/c7-3-1-4(8)6(11-10)2-5(3)9/h1-2H/q+1. The molecule has 0 saturated heterocycles. The number of halogens is 3. The fraction of sp³-hybridized carbons (Fsp3) is 0. The normalized spacial score (nSPS) is 9.27. The Labute approximate surface area is 72.2 Å². The average Bonchev–Trinajstić information content (AvgIpc) is 1.97. The highest BCUT2D eigenvalue weighted by Gasteiger charge is 2.15. The molecular weight excluding hydrogens is 190 g/mol. The van der Waals surface area contributed by atoms with Crippen molar-refractivity contribution >= 4 is 28.9 Å². The van der Waals surface area contributed by atoms with Crippen molar-refractivity contribution in [1.82, 2.24) is 0 Å². The molecule has 0 atom stereocenters. The fourth-order valence-corrected chi connectivity index (χ4v) is 1.01.